The number of aliphatic carboxylic acids is 1. The minimum Gasteiger partial charge on any atom is -0.481 e. The molecule has 0 atom stereocenters. The van der Waals surface area contributed by atoms with Gasteiger partial charge in [0.25, 0.3) is 5.91 Å². The predicted octanol–water partition coefficient (Wildman–Crippen LogP) is 2.52. The SMILES string of the molecule is O=C(O)Cc1ccccc1N1CCc2ccccc2C1=O. The van der Waals surface area contributed by atoms with Crippen molar-refractivity contribution in [1.82, 2.24) is 0 Å². The summed E-state index contributed by atoms with van der Waals surface area (Å²) >= 11 is 0. The Balaban J connectivity index is 1.99. The summed E-state index contributed by atoms with van der Waals surface area (Å²) in [5.41, 5.74) is 3.11. The van der Waals surface area contributed by atoms with Crippen molar-refractivity contribution in [2.45, 2.75) is 12.8 Å². The van der Waals surface area contributed by atoms with Gasteiger partial charge in [0.2, 0.25) is 0 Å². The number of fused-ring (bicyclic) bond motifs is 1. The van der Waals surface area contributed by atoms with E-state index in [1.807, 2.05) is 36.4 Å². The molecule has 1 aliphatic rings. The van der Waals surface area contributed by atoms with Gasteiger partial charge in [0.05, 0.1) is 6.42 Å². The van der Waals surface area contributed by atoms with Gasteiger partial charge in [-0.3, -0.25) is 9.59 Å². The smallest absolute Gasteiger partial charge is 0.307 e. The zero-order valence-corrected chi connectivity index (χ0v) is 11.5. The van der Waals surface area contributed by atoms with Crippen LogP contribution in [0.5, 0.6) is 0 Å². The van der Waals surface area contributed by atoms with E-state index in [0.29, 0.717) is 23.4 Å². The molecule has 1 amide bonds. The molecule has 4 heteroatoms. The molecule has 0 bridgehead atoms. The maximum Gasteiger partial charge on any atom is 0.307 e. The zero-order chi connectivity index (χ0) is 14.8. The Bertz CT molecular complexity index is 709. The first-order valence-corrected chi connectivity index (χ1v) is 6.86. The number of nitrogens with zero attached hydrogens (tertiary/aromatic N) is 1. The summed E-state index contributed by atoms with van der Waals surface area (Å²) in [4.78, 5) is 25.3. The number of anilines is 1. The number of carbonyl (C=O) groups excluding carboxylic acids is 1. The maximum absolute atomic E-state index is 12.6. The number of carboxylic acid groups (broad SMARTS) is 1. The summed E-state index contributed by atoms with van der Waals surface area (Å²) in [7, 11) is 0. The number of hydrogen-bond donors (Lipinski definition) is 1. The van der Waals surface area contributed by atoms with Gasteiger partial charge < -0.3 is 10.0 Å². The first kappa shape index (κ1) is 13.4. The van der Waals surface area contributed by atoms with Crippen LogP contribution in [-0.4, -0.2) is 23.5 Å². The molecular weight excluding hydrogens is 266 g/mol. The number of rotatable bonds is 3. The van der Waals surface area contributed by atoms with E-state index in [1.165, 1.54) is 0 Å². The molecule has 0 unspecified atom stereocenters. The molecule has 0 fully saturated rings. The van der Waals surface area contributed by atoms with Gasteiger partial charge in [0.15, 0.2) is 0 Å². The summed E-state index contributed by atoms with van der Waals surface area (Å²) in [6, 6.07) is 14.8. The van der Waals surface area contributed by atoms with Crippen molar-refractivity contribution < 1.29 is 14.7 Å². The molecule has 2 aromatic rings. The largest absolute Gasteiger partial charge is 0.481 e. The van der Waals surface area contributed by atoms with Crippen LogP contribution in [0.3, 0.4) is 0 Å². The molecule has 21 heavy (non-hydrogen) atoms. The van der Waals surface area contributed by atoms with Crippen molar-refractivity contribution >= 4 is 17.6 Å². The van der Waals surface area contributed by atoms with Crippen molar-refractivity contribution in [1.29, 1.82) is 0 Å². The first-order chi connectivity index (χ1) is 10.2. The fourth-order valence-electron chi connectivity index (χ4n) is 2.74. The van der Waals surface area contributed by atoms with E-state index in [4.69, 9.17) is 5.11 Å². The van der Waals surface area contributed by atoms with Gasteiger partial charge in [-0.2, -0.15) is 0 Å². The normalized spacial score (nSPS) is 13.9. The number of hydrogen-bond acceptors (Lipinski definition) is 2. The number of carbonyl (C=O) groups is 2. The van der Waals surface area contributed by atoms with Crippen LogP contribution in [0.2, 0.25) is 0 Å². The highest BCUT2D eigenvalue weighted by molar-refractivity contribution is 6.08. The second-order valence-corrected chi connectivity index (χ2v) is 5.06. The first-order valence-electron chi connectivity index (χ1n) is 6.86. The van der Waals surface area contributed by atoms with Crippen LogP contribution < -0.4 is 4.90 Å². The average molecular weight is 281 g/mol. The number of carboxylic acids is 1. The van der Waals surface area contributed by atoms with E-state index in [1.54, 1.807) is 17.0 Å². The molecule has 106 valence electrons. The summed E-state index contributed by atoms with van der Waals surface area (Å²) in [5.74, 6) is -0.956. The Morgan fingerprint density at radius 3 is 2.62 bits per heavy atom. The van der Waals surface area contributed by atoms with E-state index < -0.39 is 5.97 Å². The Kier molecular flexibility index (Phi) is 3.44. The third-order valence-corrected chi connectivity index (χ3v) is 3.72. The van der Waals surface area contributed by atoms with Crippen LogP contribution in [0, 0.1) is 0 Å². The topological polar surface area (TPSA) is 57.6 Å². The molecule has 2 aromatic carbocycles. The van der Waals surface area contributed by atoms with Crippen molar-refractivity contribution in [3.8, 4) is 0 Å². The standard InChI is InChI=1S/C17H15NO3/c19-16(20)11-13-6-2-4-8-15(13)18-10-9-12-5-1-3-7-14(12)17(18)21/h1-8H,9-11H2,(H,19,20). The average Bonchev–Trinajstić information content (AvgIpc) is 2.48. The summed E-state index contributed by atoms with van der Waals surface area (Å²) in [5, 5.41) is 9.01. The number of benzene rings is 2. The van der Waals surface area contributed by atoms with Crippen LogP contribution >= 0.6 is 0 Å². The Morgan fingerprint density at radius 2 is 1.81 bits per heavy atom. The highest BCUT2D eigenvalue weighted by Gasteiger charge is 2.26. The van der Waals surface area contributed by atoms with Gasteiger partial charge in [0.1, 0.15) is 0 Å². The fourth-order valence-corrected chi connectivity index (χ4v) is 2.74. The minimum absolute atomic E-state index is 0.0605. The quantitative estimate of drug-likeness (QED) is 0.940. The molecule has 1 aliphatic heterocycles. The highest BCUT2D eigenvalue weighted by Crippen LogP contribution is 2.27. The van der Waals surface area contributed by atoms with Crippen molar-refractivity contribution in [2.24, 2.45) is 0 Å². The van der Waals surface area contributed by atoms with Gasteiger partial charge in [0, 0.05) is 17.8 Å². The van der Waals surface area contributed by atoms with Crippen molar-refractivity contribution in [3.63, 3.8) is 0 Å². The monoisotopic (exact) mass is 281 g/mol. The fraction of sp³-hybridized carbons (Fsp3) is 0.176. The van der Waals surface area contributed by atoms with E-state index in [-0.39, 0.29) is 12.3 Å². The minimum atomic E-state index is -0.896. The highest BCUT2D eigenvalue weighted by atomic mass is 16.4. The van der Waals surface area contributed by atoms with Crippen LogP contribution in [0.4, 0.5) is 5.69 Å². The molecular formula is C17H15NO3. The van der Waals surface area contributed by atoms with E-state index in [9.17, 15) is 9.59 Å². The van der Waals surface area contributed by atoms with E-state index in [0.717, 1.165) is 12.0 Å². The lowest BCUT2D eigenvalue weighted by molar-refractivity contribution is -0.136. The molecule has 3 rings (SSSR count). The molecule has 1 N–H and O–H groups in total. The third-order valence-electron chi connectivity index (χ3n) is 3.72. The molecule has 0 radical (unpaired) electrons. The zero-order valence-electron chi connectivity index (χ0n) is 11.5. The number of para-hydroxylation sites is 1. The Hall–Kier alpha value is -2.62. The van der Waals surface area contributed by atoms with Crippen LogP contribution in [0.25, 0.3) is 0 Å². The lowest BCUT2D eigenvalue weighted by Crippen LogP contribution is -2.38. The summed E-state index contributed by atoms with van der Waals surface area (Å²) in [6.45, 7) is 0.576. The Labute approximate surface area is 122 Å². The molecule has 1 heterocycles. The predicted molar refractivity (Wildman–Crippen MR) is 79.6 cm³/mol. The molecule has 0 saturated carbocycles. The molecule has 4 nitrogen and oxygen atoms in total. The lowest BCUT2D eigenvalue weighted by atomic mass is 9.97. The van der Waals surface area contributed by atoms with Gasteiger partial charge >= 0.3 is 5.97 Å². The van der Waals surface area contributed by atoms with Crippen LogP contribution in [0.15, 0.2) is 48.5 Å². The molecule has 0 spiro atoms. The summed E-state index contributed by atoms with van der Waals surface area (Å²) < 4.78 is 0. The second kappa shape index (κ2) is 5.40. The van der Waals surface area contributed by atoms with Crippen LogP contribution in [0.1, 0.15) is 21.5 Å². The molecule has 0 aromatic heterocycles. The maximum atomic E-state index is 12.6. The van der Waals surface area contributed by atoms with E-state index in [2.05, 4.69) is 0 Å². The Morgan fingerprint density at radius 1 is 1.10 bits per heavy atom. The molecule has 0 saturated heterocycles. The molecule has 0 aliphatic carbocycles. The van der Waals surface area contributed by atoms with E-state index >= 15 is 0 Å². The van der Waals surface area contributed by atoms with Crippen LogP contribution in [-0.2, 0) is 17.6 Å². The van der Waals surface area contributed by atoms with Gasteiger partial charge in [-0.05, 0) is 29.7 Å². The summed E-state index contributed by atoms with van der Waals surface area (Å²) in [6.07, 6.45) is 0.699. The van der Waals surface area contributed by atoms with Crippen molar-refractivity contribution in [2.75, 3.05) is 11.4 Å². The van der Waals surface area contributed by atoms with Gasteiger partial charge in [-0.25, -0.2) is 0 Å². The van der Waals surface area contributed by atoms with Crippen molar-refractivity contribution in [3.05, 3.63) is 65.2 Å². The van der Waals surface area contributed by atoms with Gasteiger partial charge in [-0.1, -0.05) is 36.4 Å². The lowest BCUT2D eigenvalue weighted by Gasteiger charge is -2.30. The number of amides is 1. The van der Waals surface area contributed by atoms with Gasteiger partial charge in [-0.15, -0.1) is 0 Å². The second-order valence-electron chi connectivity index (χ2n) is 5.06. The third kappa shape index (κ3) is 2.52.